The Hall–Kier alpha value is -3.54. The zero-order valence-electron chi connectivity index (χ0n) is 27.2. The molecule has 0 heterocycles. The summed E-state index contributed by atoms with van der Waals surface area (Å²) in [6.07, 6.45) is -0.572. The van der Waals surface area contributed by atoms with Crippen molar-refractivity contribution in [1.82, 2.24) is 0 Å². The number of nitrogens with two attached hydrogens (primary N) is 1. The highest BCUT2D eigenvalue weighted by Crippen LogP contribution is 2.30. The Labute approximate surface area is 260 Å². The van der Waals surface area contributed by atoms with Gasteiger partial charge in [-0.05, 0) is 89.3 Å². The van der Waals surface area contributed by atoms with Crippen LogP contribution in [0.2, 0.25) is 0 Å². The maximum atomic E-state index is 12.8. The van der Waals surface area contributed by atoms with Gasteiger partial charge in [-0.3, -0.25) is 4.79 Å². The summed E-state index contributed by atoms with van der Waals surface area (Å²) in [6, 6.07) is 3.27. The normalized spacial score (nSPS) is 17.1. The summed E-state index contributed by atoms with van der Waals surface area (Å²) in [6.45, 7) is 14.2. The Morgan fingerprint density at radius 2 is 1.18 bits per heavy atom. The minimum absolute atomic E-state index is 0.00652. The molecule has 1 fully saturated rings. The maximum Gasteiger partial charge on any atom is 0.514 e. The van der Waals surface area contributed by atoms with Crippen LogP contribution in [0.3, 0.4) is 0 Å². The quantitative estimate of drug-likeness (QED) is 0.145. The van der Waals surface area contributed by atoms with Gasteiger partial charge in [-0.15, -0.1) is 0 Å². The molecule has 0 aliphatic heterocycles. The highest BCUT2D eigenvalue weighted by atomic mass is 16.8. The number of rotatable bonds is 13. The molecule has 5 atom stereocenters. The largest absolute Gasteiger partial charge is 0.514 e. The molecule has 0 bridgehead atoms. The third-order valence-electron chi connectivity index (χ3n) is 7.66. The van der Waals surface area contributed by atoms with Crippen LogP contribution in [0.1, 0.15) is 93.1 Å². The highest BCUT2D eigenvalue weighted by molar-refractivity contribution is 5.76. The van der Waals surface area contributed by atoms with Crippen LogP contribution in [0.5, 0.6) is 11.5 Å². The number of esters is 1. The fourth-order valence-corrected chi connectivity index (χ4v) is 3.95. The molecule has 1 aliphatic carbocycles. The first-order valence-electron chi connectivity index (χ1n) is 15.4. The Kier molecular flexibility index (Phi) is 14.7. The molecule has 0 aromatic heterocycles. The molecular weight excluding hydrogens is 574 g/mol. The standard InChI is InChI=1S/C32H49NO11/c1-18(2)20(5)39-31(36)43-27-15-14-24(17-28(27)44-32(37)40-21(6)19(3)4)16-26(33)29(34)38-22(7)23(8)41-30(35)42-25-12-10-9-11-13-25/h14-15,17-23,25-26H,9-13,16,33H2,1-8H3/t20?,21?,22-,23-,26-/m0/s1. The average Bonchev–Trinajstić information content (AvgIpc) is 2.94. The van der Waals surface area contributed by atoms with E-state index in [1.165, 1.54) is 12.1 Å². The first-order valence-corrected chi connectivity index (χ1v) is 15.4. The minimum Gasteiger partial charge on any atom is -0.458 e. The summed E-state index contributed by atoms with van der Waals surface area (Å²) in [5, 5.41) is 0. The van der Waals surface area contributed by atoms with Crippen molar-refractivity contribution in [3.05, 3.63) is 23.8 Å². The molecule has 0 saturated heterocycles. The van der Waals surface area contributed by atoms with Crippen molar-refractivity contribution < 1.29 is 52.3 Å². The molecule has 1 aromatic rings. The van der Waals surface area contributed by atoms with E-state index in [1.807, 2.05) is 27.7 Å². The molecule has 1 aliphatic rings. The molecule has 1 saturated carbocycles. The number of hydrogen-bond donors (Lipinski definition) is 1. The van der Waals surface area contributed by atoms with Crippen LogP contribution in [0, 0.1) is 11.8 Å². The number of benzene rings is 1. The van der Waals surface area contributed by atoms with Gasteiger partial charge in [0.15, 0.2) is 11.5 Å². The lowest BCUT2D eigenvalue weighted by Crippen LogP contribution is -2.39. The molecule has 2 unspecified atom stereocenters. The van der Waals surface area contributed by atoms with Crippen LogP contribution < -0.4 is 15.2 Å². The van der Waals surface area contributed by atoms with Gasteiger partial charge in [0.2, 0.25) is 0 Å². The van der Waals surface area contributed by atoms with E-state index in [-0.39, 0.29) is 35.9 Å². The van der Waals surface area contributed by atoms with Gasteiger partial charge in [0.25, 0.3) is 0 Å². The number of carbonyl (C=O) groups excluding carboxylic acids is 4. The molecule has 44 heavy (non-hydrogen) atoms. The summed E-state index contributed by atoms with van der Waals surface area (Å²) in [5.41, 5.74) is 6.61. The average molecular weight is 624 g/mol. The van der Waals surface area contributed by atoms with Crippen LogP contribution in [0.4, 0.5) is 14.4 Å². The Morgan fingerprint density at radius 1 is 0.682 bits per heavy atom. The molecule has 2 N–H and O–H groups in total. The second-order valence-corrected chi connectivity index (χ2v) is 12.0. The van der Waals surface area contributed by atoms with Crippen molar-refractivity contribution in [2.24, 2.45) is 17.6 Å². The SMILES string of the molecule is CC(C)C(C)OC(=O)Oc1ccc(C[C@H](N)C(=O)O[C@@H](C)[C@H](C)OC(=O)OC2CCCCC2)cc1OC(=O)OC(C)C(C)C. The van der Waals surface area contributed by atoms with Crippen LogP contribution in [-0.4, -0.2) is 61.0 Å². The molecule has 12 heteroatoms. The van der Waals surface area contributed by atoms with E-state index >= 15 is 0 Å². The fourth-order valence-electron chi connectivity index (χ4n) is 3.95. The van der Waals surface area contributed by atoms with E-state index < -0.39 is 54.9 Å². The lowest BCUT2D eigenvalue weighted by molar-refractivity contribution is -0.155. The van der Waals surface area contributed by atoms with Crippen molar-refractivity contribution in [3.63, 3.8) is 0 Å². The number of carbonyl (C=O) groups is 4. The predicted octanol–water partition coefficient (Wildman–Crippen LogP) is 6.48. The lowest BCUT2D eigenvalue weighted by atomic mass is 9.98. The van der Waals surface area contributed by atoms with E-state index in [4.69, 9.17) is 38.9 Å². The molecule has 0 amide bonds. The highest BCUT2D eigenvalue weighted by Gasteiger charge is 2.27. The van der Waals surface area contributed by atoms with E-state index in [1.54, 1.807) is 33.8 Å². The van der Waals surface area contributed by atoms with E-state index in [0.717, 1.165) is 32.1 Å². The van der Waals surface area contributed by atoms with E-state index in [9.17, 15) is 19.2 Å². The van der Waals surface area contributed by atoms with Gasteiger partial charge in [0.05, 0.1) is 0 Å². The Balaban J connectivity index is 2.05. The Morgan fingerprint density at radius 3 is 1.73 bits per heavy atom. The van der Waals surface area contributed by atoms with Crippen molar-refractivity contribution in [2.45, 2.75) is 130 Å². The zero-order chi connectivity index (χ0) is 33.0. The lowest BCUT2D eigenvalue weighted by Gasteiger charge is -2.25. The first kappa shape index (κ1) is 36.7. The summed E-state index contributed by atoms with van der Waals surface area (Å²) in [7, 11) is 0. The molecule has 0 spiro atoms. The first-order chi connectivity index (χ1) is 20.7. The van der Waals surface area contributed by atoms with Gasteiger partial charge < -0.3 is 38.9 Å². The Bertz CT molecular complexity index is 1100. The fraction of sp³-hybridized carbons (Fsp3) is 0.688. The van der Waals surface area contributed by atoms with Crippen molar-refractivity contribution in [2.75, 3.05) is 0 Å². The molecule has 0 radical (unpaired) electrons. The monoisotopic (exact) mass is 623 g/mol. The molecule has 248 valence electrons. The van der Waals surface area contributed by atoms with E-state index in [2.05, 4.69) is 0 Å². The second-order valence-electron chi connectivity index (χ2n) is 12.0. The topological polar surface area (TPSA) is 159 Å². The van der Waals surface area contributed by atoms with Gasteiger partial charge in [-0.2, -0.15) is 0 Å². The van der Waals surface area contributed by atoms with Crippen LogP contribution >= 0.6 is 0 Å². The summed E-state index contributed by atoms with van der Waals surface area (Å²) in [4.78, 5) is 49.8. The van der Waals surface area contributed by atoms with Crippen LogP contribution in [0.25, 0.3) is 0 Å². The van der Waals surface area contributed by atoms with Gasteiger partial charge in [-0.1, -0.05) is 40.2 Å². The van der Waals surface area contributed by atoms with E-state index in [0.29, 0.717) is 5.56 Å². The van der Waals surface area contributed by atoms with Gasteiger partial charge >= 0.3 is 24.4 Å². The number of hydrogen-bond acceptors (Lipinski definition) is 12. The van der Waals surface area contributed by atoms with Crippen molar-refractivity contribution in [1.29, 1.82) is 0 Å². The van der Waals surface area contributed by atoms with Gasteiger partial charge in [0, 0.05) is 0 Å². The third-order valence-corrected chi connectivity index (χ3v) is 7.66. The summed E-state index contributed by atoms with van der Waals surface area (Å²) < 4.78 is 37.4. The molecule has 1 aromatic carbocycles. The summed E-state index contributed by atoms with van der Waals surface area (Å²) >= 11 is 0. The van der Waals surface area contributed by atoms with Gasteiger partial charge in [0.1, 0.15) is 36.6 Å². The summed E-state index contributed by atoms with van der Waals surface area (Å²) in [5.74, 6) is -0.834. The zero-order valence-corrected chi connectivity index (χ0v) is 27.2. The van der Waals surface area contributed by atoms with Crippen molar-refractivity contribution in [3.8, 4) is 11.5 Å². The molecular formula is C32H49NO11. The van der Waals surface area contributed by atoms with Crippen LogP contribution in [-0.2, 0) is 34.9 Å². The predicted molar refractivity (Wildman–Crippen MR) is 160 cm³/mol. The third kappa shape index (κ3) is 12.6. The molecule has 2 rings (SSSR count). The van der Waals surface area contributed by atoms with Crippen LogP contribution in [0.15, 0.2) is 18.2 Å². The maximum absolute atomic E-state index is 12.8. The van der Waals surface area contributed by atoms with Crippen molar-refractivity contribution >= 4 is 24.4 Å². The smallest absolute Gasteiger partial charge is 0.458 e. The van der Waals surface area contributed by atoms with Gasteiger partial charge in [-0.25, -0.2) is 14.4 Å². The minimum atomic E-state index is -1.11. The number of ether oxygens (including phenoxy) is 7. The second kappa shape index (κ2) is 17.7. The molecule has 12 nitrogen and oxygen atoms in total.